The van der Waals surface area contributed by atoms with Crippen molar-refractivity contribution in [3.8, 4) is 11.5 Å². The lowest BCUT2D eigenvalue weighted by Crippen LogP contribution is -2.42. The normalized spacial score (nSPS) is 23.0. The predicted molar refractivity (Wildman–Crippen MR) is 126 cm³/mol. The van der Waals surface area contributed by atoms with E-state index in [-0.39, 0.29) is 23.6 Å². The Labute approximate surface area is 191 Å². The number of hydrogen-bond donors (Lipinski definition) is 0. The fourth-order valence-corrected chi connectivity index (χ4v) is 5.17. The Balaban J connectivity index is 1.64. The van der Waals surface area contributed by atoms with Crippen LogP contribution in [-0.4, -0.2) is 43.8 Å². The van der Waals surface area contributed by atoms with E-state index >= 15 is 0 Å². The van der Waals surface area contributed by atoms with Crippen LogP contribution in [0.1, 0.15) is 53.7 Å². The first-order chi connectivity index (χ1) is 15.3. The number of aryl methyl sites for hydroxylation is 1. The Morgan fingerprint density at radius 1 is 1.28 bits per heavy atom. The largest absolute Gasteiger partial charge is 0.493 e. The van der Waals surface area contributed by atoms with E-state index in [0.29, 0.717) is 12.0 Å². The Hall–Kier alpha value is -2.79. The Bertz CT molecular complexity index is 1030. The van der Waals surface area contributed by atoms with Crippen LogP contribution < -0.4 is 9.47 Å². The van der Waals surface area contributed by atoms with Gasteiger partial charge in [0.05, 0.1) is 18.1 Å². The highest BCUT2D eigenvalue weighted by atomic mass is 16.6. The van der Waals surface area contributed by atoms with Crippen LogP contribution in [0.3, 0.4) is 0 Å². The van der Waals surface area contributed by atoms with Crippen molar-refractivity contribution in [3.63, 3.8) is 0 Å². The summed E-state index contributed by atoms with van der Waals surface area (Å²) in [6.45, 7) is 12.2. The van der Waals surface area contributed by atoms with Crippen molar-refractivity contribution < 1.29 is 19.0 Å². The first kappa shape index (κ1) is 22.4. The topological polar surface area (TPSA) is 48.0 Å². The average molecular weight is 436 g/mol. The third kappa shape index (κ3) is 3.79. The van der Waals surface area contributed by atoms with Crippen LogP contribution in [0.2, 0.25) is 0 Å². The van der Waals surface area contributed by atoms with Gasteiger partial charge in [-0.25, -0.2) is 4.79 Å². The second-order valence-electron chi connectivity index (χ2n) is 9.29. The molecule has 0 saturated heterocycles. The van der Waals surface area contributed by atoms with Crippen molar-refractivity contribution in [2.24, 2.45) is 0 Å². The molecule has 0 N–H and O–H groups in total. The zero-order valence-electron chi connectivity index (χ0n) is 19.7. The van der Waals surface area contributed by atoms with Gasteiger partial charge in [-0.3, -0.25) is 0 Å². The molecule has 4 rings (SSSR count). The molecule has 2 aromatic rings. The molecule has 5 heteroatoms. The second kappa shape index (κ2) is 8.62. The van der Waals surface area contributed by atoms with Gasteiger partial charge in [-0.15, -0.1) is 0 Å². The number of benzene rings is 2. The first-order valence-corrected chi connectivity index (χ1v) is 11.3. The standard InChI is InChI=1S/C27H33NO4/c1-17(2)27-13-14-28(5)16-21-11-12-22(30-6)25(24(21)27)32-23(27)15-19(4)31-26(29)20-9-7-18(3)8-10-20/h7-12,19,23H,1,13-16H2,2-6H3/t19-,23-,27+/m0/s1. The molecule has 2 aliphatic heterocycles. The third-order valence-corrected chi connectivity index (χ3v) is 6.91. The highest BCUT2D eigenvalue weighted by Gasteiger charge is 2.53. The van der Waals surface area contributed by atoms with Crippen LogP contribution in [0.15, 0.2) is 48.6 Å². The molecule has 0 fully saturated rings. The third-order valence-electron chi connectivity index (χ3n) is 6.91. The lowest BCUT2D eigenvalue weighted by molar-refractivity contribution is 0.0180. The highest BCUT2D eigenvalue weighted by Crippen LogP contribution is 2.56. The predicted octanol–water partition coefficient (Wildman–Crippen LogP) is 5.05. The van der Waals surface area contributed by atoms with E-state index in [1.807, 2.05) is 32.0 Å². The average Bonchev–Trinajstić information content (AvgIpc) is 2.98. The van der Waals surface area contributed by atoms with Crippen LogP contribution in [0.4, 0.5) is 0 Å². The maximum Gasteiger partial charge on any atom is 0.338 e. The number of hydrogen-bond acceptors (Lipinski definition) is 5. The number of nitrogens with zero attached hydrogens (tertiary/aromatic N) is 1. The fraction of sp³-hybridized carbons (Fsp3) is 0.444. The highest BCUT2D eigenvalue weighted by molar-refractivity contribution is 5.89. The van der Waals surface area contributed by atoms with E-state index < -0.39 is 0 Å². The molecule has 0 aliphatic carbocycles. The number of methoxy groups -OCH3 is 1. The molecular weight excluding hydrogens is 402 g/mol. The van der Waals surface area contributed by atoms with Crippen molar-refractivity contribution >= 4 is 5.97 Å². The van der Waals surface area contributed by atoms with Gasteiger partial charge in [0.2, 0.25) is 0 Å². The number of ether oxygens (including phenoxy) is 3. The quantitative estimate of drug-likeness (QED) is 0.469. The summed E-state index contributed by atoms with van der Waals surface area (Å²) in [4.78, 5) is 15.0. The van der Waals surface area contributed by atoms with Crippen LogP contribution in [0, 0.1) is 6.92 Å². The number of rotatable bonds is 6. The molecule has 3 atom stereocenters. The Morgan fingerprint density at radius 2 is 2.00 bits per heavy atom. The number of esters is 1. The Kier molecular flexibility index (Phi) is 6.04. The summed E-state index contributed by atoms with van der Waals surface area (Å²) in [5, 5.41) is 0. The lowest BCUT2D eigenvalue weighted by atomic mass is 9.67. The minimum absolute atomic E-state index is 0.183. The fourth-order valence-electron chi connectivity index (χ4n) is 5.17. The van der Waals surface area contributed by atoms with E-state index in [9.17, 15) is 4.79 Å². The summed E-state index contributed by atoms with van der Waals surface area (Å²) in [6, 6.07) is 11.6. The van der Waals surface area contributed by atoms with E-state index in [1.165, 1.54) is 11.1 Å². The minimum atomic E-state index is -0.339. The maximum absolute atomic E-state index is 12.7. The molecule has 0 unspecified atom stereocenters. The summed E-state index contributed by atoms with van der Waals surface area (Å²) >= 11 is 0. The van der Waals surface area contributed by atoms with Gasteiger partial charge in [0, 0.05) is 18.5 Å². The summed E-state index contributed by atoms with van der Waals surface area (Å²) in [7, 11) is 3.82. The maximum atomic E-state index is 12.7. The SMILES string of the molecule is C=C(C)[C@@]12CCN(C)Cc3ccc(OC)c(c31)O[C@H]2C[C@H](C)OC(=O)c1ccc(C)cc1. The van der Waals surface area contributed by atoms with Crippen LogP contribution in [0.5, 0.6) is 11.5 Å². The van der Waals surface area contributed by atoms with Crippen molar-refractivity contribution in [2.45, 2.75) is 57.8 Å². The zero-order valence-corrected chi connectivity index (χ0v) is 19.7. The summed E-state index contributed by atoms with van der Waals surface area (Å²) in [6.07, 6.45) is 0.980. The van der Waals surface area contributed by atoms with E-state index in [4.69, 9.17) is 14.2 Å². The molecule has 32 heavy (non-hydrogen) atoms. The molecule has 0 radical (unpaired) electrons. The van der Waals surface area contributed by atoms with Crippen molar-refractivity contribution in [2.75, 3.05) is 20.7 Å². The van der Waals surface area contributed by atoms with Gasteiger partial charge in [0.15, 0.2) is 11.5 Å². The molecule has 0 aromatic heterocycles. The number of carbonyl (C=O) groups excluding carboxylic acids is 1. The van der Waals surface area contributed by atoms with E-state index in [0.717, 1.165) is 42.1 Å². The van der Waals surface area contributed by atoms with Gasteiger partial charge in [-0.1, -0.05) is 35.9 Å². The van der Waals surface area contributed by atoms with Gasteiger partial charge in [0.1, 0.15) is 12.2 Å². The van der Waals surface area contributed by atoms with Crippen LogP contribution >= 0.6 is 0 Å². The van der Waals surface area contributed by atoms with Gasteiger partial charge < -0.3 is 19.1 Å². The Morgan fingerprint density at radius 3 is 2.66 bits per heavy atom. The first-order valence-electron chi connectivity index (χ1n) is 11.3. The van der Waals surface area contributed by atoms with E-state index in [2.05, 4.69) is 31.5 Å². The molecule has 2 aliphatic rings. The second-order valence-corrected chi connectivity index (χ2v) is 9.29. The summed E-state index contributed by atoms with van der Waals surface area (Å²) in [5.74, 6) is 1.24. The monoisotopic (exact) mass is 435 g/mol. The molecular formula is C27H33NO4. The van der Waals surface area contributed by atoms with Gasteiger partial charge in [-0.05, 0) is 64.5 Å². The minimum Gasteiger partial charge on any atom is -0.493 e. The molecule has 0 spiro atoms. The molecule has 5 nitrogen and oxygen atoms in total. The lowest BCUT2D eigenvalue weighted by Gasteiger charge is -2.36. The molecule has 0 bridgehead atoms. The summed E-state index contributed by atoms with van der Waals surface area (Å²) in [5.41, 5.74) is 4.84. The van der Waals surface area contributed by atoms with E-state index in [1.54, 1.807) is 19.2 Å². The molecule has 2 aromatic carbocycles. The molecule has 0 saturated carbocycles. The zero-order chi connectivity index (χ0) is 23.0. The molecule has 0 amide bonds. The van der Waals surface area contributed by atoms with Crippen molar-refractivity contribution in [1.82, 2.24) is 4.90 Å². The smallest absolute Gasteiger partial charge is 0.338 e. The van der Waals surface area contributed by atoms with Gasteiger partial charge in [-0.2, -0.15) is 0 Å². The summed E-state index contributed by atoms with van der Waals surface area (Å²) < 4.78 is 18.1. The number of carbonyl (C=O) groups is 1. The van der Waals surface area contributed by atoms with Gasteiger partial charge in [0.25, 0.3) is 0 Å². The molecule has 170 valence electrons. The van der Waals surface area contributed by atoms with Crippen molar-refractivity contribution in [3.05, 3.63) is 70.8 Å². The van der Waals surface area contributed by atoms with Crippen molar-refractivity contribution in [1.29, 1.82) is 0 Å². The van der Waals surface area contributed by atoms with Gasteiger partial charge >= 0.3 is 5.97 Å². The van der Waals surface area contributed by atoms with Crippen LogP contribution in [-0.2, 0) is 16.7 Å². The molecule has 2 heterocycles. The van der Waals surface area contributed by atoms with Crippen LogP contribution in [0.25, 0.3) is 0 Å².